The summed E-state index contributed by atoms with van der Waals surface area (Å²) in [6.45, 7) is 4.23. The molecule has 3 aromatic heterocycles. The molecule has 1 spiro atoms. The maximum atomic E-state index is 11.6. The summed E-state index contributed by atoms with van der Waals surface area (Å²) in [6.07, 6.45) is 8.13. The molecule has 2 aliphatic heterocycles. The van der Waals surface area contributed by atoms with E-state index in [2.05, 4.69) is 22.6 Å². The molecule has 1 aliphatic carbocycles. The molecule has 0 radical (unpaired) electrons. The van der Waals surface area contributed by atoms with Crippen molar-refractivity contribution in [3.8, 4) is 17.0 Å². The Labute approximate surface area is 192 Å². The average Bonchev–Trinajstić information content (AvgIpc) is 3.36. The molecule has 8 heteroatoms. The maximum Gasteiger partial charge on any atom is 0.222 e. The van der Waals surface area contributed by atoms with Crippen molar-refractivity contribution in [2.45, 2.75) is 44.1 Å². The van der Waals surface area contributed by atoms with E-state index in [1.807, 2.05) is 17.7 Å². The van der Waals surface area contributed by atoms with E-state index in [4.69, 9.17) is 19.2 Å². The first-order valence-corrected chi connectivity index (χ1v) is 11.6. The molecule has 0 saturated carbocycles. The monoisotopic (exact) mass is 448 g/mol. The van der Waals surface area contributed by atoms with Gasteiger partial charge >= 0.3 is 0 Å². The van der Waals surface area contributed by atoms with Crippen LogP contribution in [0.3, 0.4) is 0 Å². The number of aromatic nitrogens is 3. The van der Waals surface area contributed by atoms with Gasteiger partial charge in [0.15, 0.2) is 0 Å². The Bertz CT molecular complexity index is 1240. The SMILES string of the molecule is CC(=O)Nc1cc2c(-c3cc(OC4COC4)c4c(n3)C3(CCC4)CCOC3)cn(C)c2cn1. The van der Waals surface area contributed by atoms with E-state index >= 15 is 0 Å². The predicted octanol–water partition coefficient (Wildman–Crippen LogP) is 3.37. The van der Waals surface area contributed by atoms with Crippen LogP contribution >= 0.6 is 0 Å². The number of hydrogen-bond donors (Lipinski definition) is 1. The van der Waals surface area contributed by atoms with Crippen LogP contribution in [0.15, 0.2) is 24.5 Å². The standard InChI is InChI=1S/C25H28N4O4/c1-15(30)27-23-8-18-19(11-29(2)21(18)10-26-23)20-9-22(33-16-12-32-13-16)17-4-3-5-25(24(17)28-20)6-7-31-14-25/h8-11,16H,3-7,12-14H2,1-2H3,(H,26,27,30). The molecular weight excluding hydrogens is 420 g/mol. The van der Waals surface area contributed by atoms with Gasteiger partial charge in [0.25, 0.3) is 0 Å². The Morgan fingerprint density at radius 2 is 2.15 bits per heavy atom. The number of aryl methyl sites for hydroxylation is 1. The third-order valence-electron chi connectivity index (χ3n) is 7.13. The number of hydrogen-bond acceptors (Lipinski definition) is 6. The van der Waals surface area contributed by atoms with Crippen molar-refractivity contribution in [1.82, 2.24) is 14.5 Å². The highest BCUT2D eigenvalue weighted by Crippen LogP contribution is 2.47. The summed E-state index contributed by atoms with van der Waals surface area (Å²) in [5.41, 5.74) is 5.18. The fourth-order valence-electron chi connectivity index (χ4n) is 5.38. The highest BCUT2D eigenvalue weighted by Gasteiger charge is 2.43. The minimum absolute atomic E-state index is 0.0364. The maximum absolute atomic E-state index is 11.6. The van der Waals surface area contributed by atoms with Crippen LogP contribution in [0.2, 0.25) is 0 Å². The van der Waals surface area contributed by atoms with Gasteiger partial charge in [0.05, 0.1) is 42.9 Å². The van der Waals surface area contributed by atoms with E-state index < -0.39 is 0 Å². The second kappa shape index (κ2) is 7.81. The van der Waals surface area contributed by atoms with Crippen molar-refractivity contribution < 1.29 is 19.0 Å². The molecule has 6 rings (SSSR count). The highest BCUT2D eigenvalue weighted by atomic mass is 16.6. The van der Waals surface area contributed by atoms with E-state index in [9.17, 15) is 4.79 Å². The molecular formula is C25H28N4O4. The van der Waals surface area contributed by atoms with Crippen LogP contribution in [0.4, 0.5) is 5.82 Å². The quantitative estimate of drug-likeness (QED) is 0.659. The van der Waals surface area contributed by atoms with Crippen LogP contribution in [0.1, 0.15) is 37.4 Å². The molecule has 172 valence electrons. The number of carbonyl (C=O) groups excluding carboxylic acids is 1. The third kappa shape index (κ3) is 3.48. The van der Waals surface area contributed by atoms with Crippen molar-refractivity contribution in [3.05, 3.63) is 35.8 Å². The number of amides is 1. The molecule has 2 fully saturated rings. The van der Waals surface area contributed by atoms with Crippen LogP contribution in [0.25, 0.3) is 22.2 Å². The summed E-state index contributed by atoms with van der Waals surface area (Å²) in [5.74, 6) is 1.30. The van der Waals surface area contributed by atoms with Crippen molar-refractivity contribution in [1.29, 1.82) is 0 Å². The molecule has 3 aromatic rings. The summed E-state index contributed by atoms with van der Waals surface area (Å²) in [6, 6.07) is 4.00. The third-order valence-corrected chi connectivity index (χ3v) is 7.13. The van der Waals surface area contributed by atoms with Gasteiger partial charge in [0.2, 0.25) is 5.91 Å². The molecule has 1 unspecified atom stereocenters. The number of carbonyl (C=O) groups is 1. The lowest BCUT2D eigenvalue weighted by molar-refractivity contribution is -0.114. The van der Waals surface area contributed by atoms with Gasteiger partial charge in [-0.1, -0.05) is 0 Å². The van der Waals surface area contributed by atoms with Gasteiger partial charge in [0, 0.05) is 54.8 Å². The molecule has 5 heterocycles. The number of ether oxygens (including phenoxy) is 3. The van der Waals surface area contributed by atoms with Crippen molar-refractivity contribution in [3.63, 3.8) is 0 Å². The molecule has 0 aromatic carbocycles. The van der Waals surface area contributed by atoms with Gasteiger partial charge in [-0.2, -0.15) is 0 Å². The summed E-state index contributed by atoms with van der Waals surface area (Å²) in [5, 5.41) is 3.79. The predicted molar refractivity (Wildman–Crippen MR) is 124 cm³/mol. The van der Waals surface area contributed by atoms with E-state index in [0.717, 1.165) is 65.9 Å². The Kier molecular flexibility index (Phi) is 4.88. The first kappa shape index (κ1) is 20.6. The normalized spacial score (nSPS) is 22.4. The Hall–Kier alpha value is -2.97. The van der Waals surface area contributed by atoms with Gasteiger partial charge in [-0.05, 0) is 31.7 Å². The van der Waals surface area contributed by atoms with Crippen LogP contribution in [0, 0.1) is 0 Å². The number of nitrogens with zero attached hydrogens (tertiary/aromatic N) is 3. The number of rotatable bonds is 4. The van der Waals surface area contributed by atoms with Crippen molar-refractivity contribution in [2.24, 2.45) is 7.05 Å². The van der Waals surface area contributed by atoms with Gasteiger partial charge in [-0.15, -0.1) is 0 Å². The Balaban J connectivity index is 1.53. The second-order valence-electron chi connectivity index (χ2n) is 9.47. The van der Waals surface area contributed by atoms with E-state index in [-0.39, 0.29) is 17.4 Å². The van der Waals surface area contributed by atoms with Crippen LogP contribution < -0.4 is 10.1 Å². The van der Waals surface area contributed by atoms with E-state index in [1.165, 1.54) is 12.5 Å². The minimum Gasteiger partial charge on any atom is -0.485 e. The number of anilines is 1. The van der Waals surface area contributed by atoms with Crippen molar-refractivity contribution in [2.75, 3.05) is 31.7 Å². The molecule has 8 nitrogen and oxygen atoms in total. The first-order chi connectivity index (χ1) is 16.0. The molecule has 1 N–H and O–H groups in total. The molecule has 0 bridgehead atoms. The van der Waals surface area contributed by atoms with Crippen molar-refractivity contribution >= 4 is 22.6 Å². The Morgan fingerprint density at radius 3 is 2.88 bits per heavy atom. The molecule has 1 amide bonds. The molecule has 33 heavy (non-hydrogen) atoms. The molecule has 3 aliphatic rings. The summed E-state index contributed by atoms with van der Waals surface area (Å²) < 4.78 is 19.7. The van der Waals surface area contributed by atoms with Crippen LogP contribution in [0.5, 0.6) is 5.75 Å². The van der Waals surface area contributed by atoms with E-state index in [1.54, 1.807) is 6.20 Å². The zero-order chi connectivity index (χ0) is 22.6. The zero-order valence-corrected chi connectivity index (χ0v) is 19.0. The number of nitrogens with one attached hydrogen (secondary N) is 1. The molecule has 1 atom stereocenters. The second-order valence-corrected chi connectivity index (χ2v) is 9.47. The topological polar surface area (TPSA) is 87.5 Å². The number of fused-ring (bicyclic) bond motifs is 3. The lowest BCUT2D eigenvalue weighted by Crippen LogP contribution is -2.39. The smallest absolute Gasteiger partial charge is 0.222 e. The average molecular weight is 449 g/mol. The fourth-order valence-corrected chi connectivity index (χ4v) is 5.38. The summed E-state index contributed by atoms with van der Waals surface area (Å²) >= 11 is 0. The summed E-state index contributed by atoms with van der Waals surface area (Å²) in [7, 11) is 2.00. The lowest BCUT2D eigenvalue weighted by Gasteiger charge is -2.36. The van der Waals surface area contributed by atoms with Gasteiger partial charge < -0.3 is 24.1 Å². The van der Waals surface area contributed by atoms with Crippen LogP contribution in [-0.2, 0) is 33.2 Å². The summed E-state index contributed by atoms with van der Waals surface area (Å²) in [4.78, 5) is 21.3. The zero-order valence-electron chi connectivity index (χ0n) is 19.0. The minimum atomic E-state index is -0.146. The fraction of sp³-hybridized carbons (Fsp3) is 0.480. The Morgan fingerprint density at radius 1 is 1.27 bits per heavy atom. The number of pyridine rings is 2. The lowest BCUT2D eigenvalue weighted by atomic mass is 9.72. The van der Waals surface area contributed by atoms with Gasteiger partial charge in [-0.25, -0.2) is 4.98 Å². The van der Waals surface area contributed by atoms with Gasteiger partial charge in [0.1, 0.15) is 17.7 Å². The largest absolute Gasteiger partial charge is 0.485 e. The van der Waals surface area contributed by atoms with Gasteiger partial charge in [-0.3, -0.25) is 9.78 Å². The first-order valence-electron chi connectivity index (χ1n) is 11.6. The van der Waals surface area contributed by atoms with Crippen LogP contribution in [-0.4, -0.2) is 53.0 Å². The molecule has 2 saturated heterocycles. The van der Waals surface area contributed by atoms with E-state index in [0.29, 0.717) is 25.6 Å². The highest BCUT2D eigenvalue weighted by molar-refractivity contribution is 5.98.